The Balaban J connectivity index is 1.78. The first-order valence-electron chi connectivity index (χ1n) is 11.6. The van der Waals surface area contributed by atoms with E-state index in [1.54, 1.807) is 0 Å². The van der Waals surface area contributed by atoms with Crippen molar-refractivity contribution >= 4 is 11.8 Å². The van der Waals surface area contributed by atoms with Crippen LogP contribution in [0.3, 0.4) is 0 Å². The van der Waals surface area contributed by atoms with Crippen LogP contribution in [0.1, 0.15) is 50.1 Å². The van der Waals surface area contributed by atoms with Crippen LogP contribution >= 0.6 is 0 Å². The first kappa shape index (κ1) is 28.8. The third-order valence-electron chi connectivity index (χ3n) is 6.40. The summed E-state index contributed by atoms with van der Waals surface area (Å²) in [5.74, 6) is -3.11. The lowest BCUT2D eigenvalue weighted by molar-refractivity contribution is -0.143. The van der Waals surface area contributed by atoms with Gasteiger partial charge >= 0.3 is 19.0 Å². The summed E-state index contributed by atoms with van der Waals surface area (Å²) < 4.78 is 111. The number of fused-ring (bicyclic) bond motifs is 1. The molecule has 1 heterocycles. The van der Waals surface area contributed by atoms with Gasteiger partial charge in [-0.25, -0.2) is 0 Å². The van der Waals surface area contributed by atoms with Crippen molar-refractivity contribution in [1.82, 2.24) is 10.2 Å². The summed E-state index contributed by atoms with van der Waals surface area (Å²) in [5.41, 5.74) is -3.24. The fourth-order valence-electron chi connectivity index (χ4n) is 4.65. The Morgan fingerprint density at radius 2 is 1.55 bits per heavy atom. The van der Waals surface area contributed by atoms with Gasteiger partial charge in [-0.15, -0.1) is 0 Å². The average Bonchev–Trinajstić information content (AvgIpc) is 2.87. The van der Waals surface area contributed by atoms with Crippen molar-refractivity contribution in [3.8, 4) is 5.75 Å². The largest absolute Gasteiger partial charge is 0.435 e. The molecule has 2 unspecified atom stereocenters. The Morgan fingerprint density at radius 3 is 2.15 bits per heavy atom. The third-order valence-corrected chi connectivity index (χ3v) is 6.40. The lowest BCUT2D eigenvalue weighted by Crippen LogP contribution is -2.45. The van der Waals surface area contributed by atoms with Gasteiger partial charge in [0, 0.05) is 19.2 Å². The number of carbonyl (C=O) groups excluding carboxylic acids is 2. The van der Waals surface area contributed by atoms with E-state index >= 15 is 0 Å². The summed E-state index contributed by atoms with van der Waals surface area (Å²) in [6.45, 7) is -3.33. The minimum absolute atomic E-state index is 0.0361. The average molecular weight is 572 g/mol. The Morgan fingerprint density at radius 1 is 0.925 bits per heavy atom. The maximum atomic E-state index is 13.6. The first-order valence-corrected chi connectivity index (χ1v) is 11.6. The van der Waals surface area contributed by atoms with Crippen LogP contribution in [0.15, 0.2) is 66.7 Å². The molecule has 4 rings (SSSR count). The Hall–Kier alpha value is -4.16. The number of hydrogen-bond acceptors (Lipinski definition) is 3. The lowest BCUT2D eigenvalue weighted by atomic mass is 9.78. The number of hydrogen-bond donors (Lipinski definition) is 1. The Kier molecular flexibility index (Phi) is 7.77. The second-order valence-electron chi connectivity index (χ2n) is 9.01. The number of carbonyl (C=O) groups is 2. The molecule has 1 N–H and O–H groups in total. The number of rotatable bonds is 6. The summed E-state index contributed by atoms with van der Waals surface area (Å²) in [6, 6.07) is 10.5. The van der Waals surface area contributed by atoms with E-state index in [0.717, 1.165) is 4.90 Å². The highest BCUT2D eigenvalue weighted by molar-refractivity contribution is 6.01. The molecule has 1 aliphatic rings. The van der Waals surface area contributed by atoms with E-state index in [9.17, 15) is 44.7 Å². The van der Waals surface area contributed by atoms with Gasteiger partial charge in [-0.05, 0) is 53.1 Å². The molecule has 0 fully saturated rings. The molecule has 0 spiro atoms. The van der Waals surface area contributed by atoms with Crippen molar-refractivity contribution in [1.29, 1.82) is 0 Å². The standard InChI is InChI=1S/C27H20F8N2O3/c1-37-22(15-10-16(26(30,31)32)12-17(11-15)27(33,34)35)21(19-7-2-3-8-20(19)24(37)39)23(38)36-13-14-5-4-6-18(9-14)40-25(28)29/h2-12,21-22,25H,13H2,1H3,(H,36,38). The van der Waals surface area contributed by atoms with E-state index in [0.29, 0.717) is 17.7 Å². The van der Waals surface area contributed by atoms with Gasteiger partial charge in [0.25, 0.3) is 5.91 Å². The molecule has 0 bridgehead atoms. The molecule has 2 atom stereocenters. The van der Waals surface area contributed by atoms with E-state index in [1.807, 2.05) is 0 Å². The first-order chi connectivity index (χ1) is 18.7. The molecule has 0 aromatic heterocycles. The summed E-state index contributed by atoms with van der Waals surface area (Å²) in [6.07, 6.45) is -10.3. The van der Waals surface area contributed by atoms with Crippen LogP contribution < -0.4 is 10.1 Å². The van der Waals surface area contributed by atoms with Gasteiger partial charge in [-0.2, -0.15) is 35.1 Å². The predicted octanol–water partition coefficient (Wildman–Crippen LogP) is 6.55. The minimum atomic E-state index is -5.14. The molecule has 3 aromatic carbocycles. The zero-order valence-electron chi connectivity index (χ0n) is 20.5. The number of alkyl halides is 8. The van der Waals surface area contributed by atoms with E-state index < -0.39 is 59.4 Å². The van der Waals surface area contributed by atoms with Crippen LogP contribution in [0, 0.1) is 0 Å². The van der Waals surface area contributed by atoms with Crippen LogP contribution in [-0.4, -0.2) is 30.4 Å². The number of nitrogens with one attached hydrogen (secondary N) is 1. The maximum Gasteiger partial charge on any atom is 0.416 e. The maximum absolute atomic E-state index is 13.6. The molecule has 1 aliphatic heterocycles. The van der Waals surface area contributed by atoms with Crippen molar-refractivity contribution in [2.45, 2.75) is 37.5 Å². The molecular formula is C27H20F8N2O3. The van der Waals surface area contributed by atoms with Crippen LogP contribution in [0.4, 0.5) is 35.1 Å². The molecule has 0 radical (unpaired) electrons. The zero-order chi connectivity index (χ0) is 29.4. The number of likely N-dealkylation sites (N-methyl/N-ethyl adjacent to an activating group) is 1. The van der Waals surface area contributed by atoms with Crippen LogP contribution in [-0.2, 0) is 23.7 Å². The number of amides is 2. The van der Waals surface area contributed by atoms with Gasteiger partial charge < -0.3 is 15.0 Å². The summed E-state index contributed by atoms with van der Waals surface area (Å²) in [5, 5.41) is 2.55. The van der Waals surface area contributed by atoms with Crippen molar-refractivity contribution in [2.24, 2.45) is 0 Å². The van der Waals surface area contributed by atoms with Gasteiger partial charge in [0.2, 0.25) is 5.91 Å². The predicted molar refractivity (Wildman–Crippen MR) is 125 cm³/mol. The summed E-state index contributed by atoms with van der Waals surface area (Å²) >= 11 is 0. The highest BCUT2D eigenvalue weighted by Gasteiger charge is 2.45. The Labute approximate surface area is 222 Å². The van der Waals surface area contributed by atoms with E-state index in [2.05, 4.69) is 10.1 Å². The minimum Gasteiger partial charge on any atom is -0.435 e. The topological polar surface area (TPSA) is 58.6 Å². The van der Waals surface area contributed by atoms with E-state index in [1.165, 1.54) is 55.6 Å². The van der Waals surface area contributed by atoms with Crippen molar-refractivity contribution in [3.63, 3.8) is 0 Å². The van der Waals surface area contributed by atoms with E-state index in [-0.39, 0.29) is 29.5 Å². The number of benzene rings is 3. The summed E-state index contributed by atoms with van der Waals surface area (Å²) in [4.78, 5) is 27.6. The molecule has 212 valence electrons. The molecule has 3 aromatic rings. The fourth-order valence-corrected chi connectivity index (χ4v) is 4.65. The molecule has 0 aliphatic carbocycles. The van der Waals surface area contributed by atoms with Gasteiger partial charge in [-0.1, -0.05) is 30.3 Å². The second-order valence-corrected chi connectivity index (χ2v) is 9.01. The number of nitrogens with zero attached hydrogens (tertiary/aromatic N) is 1. The van der Waals surface area contributed by atoms with Gasteiger partial charge in [-0.3, -0.25) is 9.59 Å². The highest BCUT2D eigenvalue weighted by Crippen LogP contribution is 2.45. The molecule has 5 nitrogen and oxygen atoms in total. The fraction of sp³-hybridized carbons (Fsp3) is 0.259. The van der Waals surface area contributed by atoms with Gasteiger partial charge in [0.1, 0.15) is 5.75 Å². The molecule has 0 saturated heterocycles. The van der Waals surface area contributed by atoms with Crippen LogP contribution in [0.25, 0.3) is 0 Å². The molecule has 40 heavy (non-hydrogen) atoms. The van der Waals surface area contributed by atoms with Gasteiger partial charge in [0.15, 0.2) is 0 Å². The summed E-state index contributed by atoms with van der Waals surface area (Å²) in [7, 11) is 1.18. The van der Waals surface area contributed by atoms with Crippen molar-refractivity contribution < 1.29 is 49.4 Å². The smallest absolute Gasteiger partial charge is 0.416 e. The molecule has 13 heteroatoms. The zero-order valence-corrected chi connectivity index (χ0v) is 20.5. The normalized spacial score (nSPS) is 17.6. The lowest BCUT2D eigenvalue weighted by Gasteiger charge is -2.40. The molecule has 0 saturated carbocycles. The highest BCUT2D eigenvalue weighted by atomic mass is 19.4. The van der Waals surface area contributed by atoms with Crippen LogP contribution in [0.5, 0.6) is 5.75 Å². The SMILES string of the molecule is CN1C(=O)c2ccccc2C(C(=O)NCc2cccc(OC(F)F)c2)C1c1cc(C(F)(F)F)cc(C(F)(F)F)c1. The quantitative estimate of drug-likeness (QED) is 0.341. The number of ether oxygens (including phenoxy) is 1. The molecular weight excluding hydrogens is 552 g/mol. The van der Waals surface area contributed by atoms with Crippen molar-refractivity contribution in [3.05, 3.63) is 100 Å². The molecule has 2 amide bonds. The number of halogens is 8. The van der Waals surface area contributed by atoms with Crippen LogP contribution in [0.2, 0.25) is 0 Å². The second kappa shape index (κ2) is 10.8. The van der Waals surface area contributed by atoms with Crippen molar-refractivity contribution in [2.75, 3.05) is 7.05 Å². The monoisotopic (exact) mass is 572 g/mol. The van der Waals surface area contributed by atoms with E-state index in [4.69, 9.17) is 0 Å². The third kappa shape index (κ3) is 6.02. The Bertz CT molecular complexity index is 1390. The van der Waals surface area contributed by atoms with Gasteiger partial charge in [0.05, 0.1) is 23.1 Å².